The average Bonchev–Trinajstić information content (AvgIpc) is 2.85. The first kappa shape index (κ1) is 12.6. The molecule has 3 rings (SSSR count). The lowest BCUT2D eigenvalue weighted by atomic mass is 10.1. The van der Waals surface area contributed by atoms with Crippen LogP contribution >= 0.6 is 11.6 Å². The van der Waals surface area contributed by atoms with Crippen molar-refractivity contribution >= 4 is 22.5 Å². The summed E-state index contributed by atoms with van der Waals surface area (Å²) in [7, 11) is 1.61. The lowest BCUT2D eigenvalue weighted by Gasteiger charge is -1.99. The molecule has 0 aliphatic rings. The Balaban J connectivity index is 2.26. The highest BCUT2D eigenvalue weighted by Gasteiger charge is 2.13. The van der Waals surface area contributed by atoms with Gasteiger partial charge >= 0.3 is 0 Å². The zero-order valence-electron chi connectivity index (χ0n) is 10.8. The second kappa shape index (κ2) is 4.92. The molecule has 98 valence electrons. The van der Waals surface area contributed by atoms with Gasteiger partial charge in [0.25, 0.3) is 0 Å². The summed E-state index contributed by atoms with van der Waals surface area (Å²) in [5, 5.41) is 11.0. The minimum Gasteiger partial charge on any atom is -0.497 e. The topological polar surface area (TPSA) is 48.8 Å². The summed E-state index contributed by atoms with van der Waals surface area (Å²) in [5.41, 5.74) is 3.25. The SMILES string of the molecule is COc1ccc2[nH]c(-c3ccc(Cl)cc3)c(C#N)c2c1. The molecule has 1 N–H and O–H groups in total. The van der Waals surface area contributed by atoms with Gasteiger partial charge in [-0.2, -0.15) is 5.26 Å². The fourth-order valence-corrected chi connectivity index (χ4v) is 2.37. The van der Waals surface area contributed by atoms with Crippen LogP contribution in [0.3, 0.4) is 0 Å². The van der Waals surface area contributed by atoms with E-state index < -0.39 is 0 Å². The van der Waals surface area contributed by atoms with Crippen LogP contribution in [-0.2, 0) is 0 Å². The maximum Gasteiger partial charge on any atom is 0.119 e. The molecular formula is C16H11ClN2O. The number of ether oxygens (including phenoxy) is 1. The molecule has 2 aromatic carbocycles. The summed E-state index contributed by atoms with van der Waals surface area (Å²) in [6, 6.07) is 15.3. The molecule has 1 heterocycles. The maximum absolute atomic E-state index is 9.45. The first-order chi connectivity index (χ1) is 9.72. The molecule has 0 atom stereocenters. The van der Waals surface area contributed by atoms with E-state index in [4.69, 9.17) is 16.3 Å². The van der Waals surface area contributed by atoms with E-state index >= 15 is 0 Å². The number of fused-ring (bicyclic) bond motifs is 1. The van der Waals surface area contributed by atoms with E-state index in [-0.39, 0.29) is 0 Å². The number of rotatable bonds is 2. The van der Waals surface area contributed by atoms with Crippen molar-refractivity contribution in [1.29, 1.82) is 5.26 Å². The third-order valence-electron chi connectivity index (χ3n) is 3.25. The lowest BCUT2D eigenvalue weighted by Crippen LogP contribution is -1.82. The molecule has 0 unspecified atom stereocenters. The van der Waals surface area contributed by atoms with Gasteiger partial charge < -0.3 is 9.72 Å². The Hall–Kier alpha value is -2.44. The van der Waals surface area contributed by atoms with Gasteiger partial charge in [0.1, 0.15) is 11.8 Å². The van der Waals surface area contributed by atoms with Crippen molar-refractivity contribution in [2.45, 2.75) is 0 Å². The van der Waals surface area contributed by atoms with Crippen molar-refractivity contribution in [2.24, 2.45) is 0 Å². The first-order valence-electron chi connectivity index (χ1n) is 6.08. The van der Waals surface area contributed by atoms with Crippen LogP contribution < -0.4 is 4.74 Å². The third-order valence-corrected chi connectivity index (χ3v) is 3.50. The fourth-order valence-electron chi connectivity index (χ4n) is 2.25. The van der Waals surface area contributed by atoms with Crippen LogP contribution in [0.5, 0.6) is 5.75 Å². The van der Waals surface area contributed by atoms with Crippen molar-refractivity contribution in [3.63, 3.8) is 0 Å². The predicted octanol–water partition coefficient (Wildman–Crippen LogP) is 4.37. The highest BCUT2D eigenvalue weighted by molar-refractivity contribution is 6.30. The van der Waals surface area contributed by atoms with Gasteiger partial charge in [-0.25, -0.2) is 0 Å². The van der Waals surface area contributed by atoms with Crippen LogP contribution in [-0.4, -0.2) is 12.1 Å². The zero-order valence-corrected chi connectivity index (χ0v) is 11.5. The van der Waals surface area contributed by atoms with Crippen LogP contribution in [0, 0.1) is 11.3 Å². The Morgan fingerprint density at radius 1 is 1.15 bits per heavy atom. The molecule has 4 heteroatoms. The summed E-state index contributed by atoms with van der Waals surface area (Å²) < 4.78 is 5.21. The summed E-state index contributed by atoms with van der Waals surface area (Å²) >= 11 is 5.90. The number of methoxy groups -OCH3 is 1. The van der Waals surface area contributed by atoms with E-state index in [1.54, 1.807) is 7.11 Å². The standard InChI is InChI=1S/C16H11ClN2O/c1-20-12-6-7-15-13(8-12)14(9-18)16(19-15)10-2-4-11(17)5-3-10/h2-8,19H,1H3. The van der Waals surface area contributed by atoms with Crippen molar-refractivity contribution in [3.05, 3.63) is 53.1 Å². The number of nitrogens with one attached hydrogen (secondary N) is 1. The van der Waals surface area contributed by atoms with Gasteiger partial charge in [-0.1, -0.05) is 23.7 Å². The van der Waals surface area contributed by atoms with E-state index in [1.165, 1.54) is 0 Å². The Bertz CT molecular complexity index is 813. The molecule has 0 spiro atoms. The minimum absolute atomic E-state index is 0.612. The van der Waals surface area contributed by atoms with Crippen LogP contribution in [0.15, 0.2) is 42.5 Å². The average molecular weight is 283 g/mol. The van der Waals surface area contributed by atoms with Gasteiger partial charge in [-0.05, 0) is 35.9 Å². The number of halogens is 1. The molecule has 1 aromatic heterocycles. The van der Waals surface area contributed by atoms with E-state index in [0.29, 0.717) is 10.6 Å². The number of aromatic nitrogens is 1. The zero-order chi connectivity index (χ0) is 14.1. The van der Waals surface area contributed by atoms with Gasteiger partial charge in [-0.15, -0.1) is 0 Å². The number of benzene rings is 2. The normalized spacial score (nSPS) is 10.4. The smallest absolute Gasteiger partial charge is 0.119 e. The number of hydrogen-bond donors (Lipinski definition) is 1. The first-order valence-corrected chi connectivity index (χ1v) is 6.46. The highest BCUT2D eigenvalue weighted by atomic mass is 35.5. The third kappa shape index (κ3) is 2.01. The summed E-state index contributed by atoms with van der Waals surface area (Å²) in [4.78, 5) is 3.28. The highest BCUT2D eigenvalue weighted by Crippen LogP contribution is 2.32. The molecule has 0 radical (unpaired) electrons. The van der Waals surface area contributed by atoms with E-state index in [0.717, 1.165) is 27.9 Å². The second-order valence-electron chi connectivity index (χ2n) is 4.41. The molecule has 3 aromatic rings. The number of nitriles is 1. The minimum atomic E-state index is 0.612. The predicted molar refractivity (Wildman–Crippen MR) is 80.0 cm³/mol. The van der Waals surface area contributed by atoms with Gasteiger partial charge in [0.05, 0.1) is 18.4 Å². The monoisotopic (exact) mass is 282 g/mol. The van der Waals surface area contributed by atoms with Crippen molar-refractivity contribution in [2.75, 3.05) is 7.11 Å². The van der Waals surface area contributed by atoms with E-state index in [2.05, 4.69) is 11.1 Å². The molecule has 3 nitrogen and oxygen atoms in total. The Labute approximate surface area is 121 Å². The molecule has 0 aliphatic heterocycles. The lowest BCUT2D eigenvalue weighted by molar-refractivity contribution is 0.415. The maximum atomic E-state index is 9.45. The fraction of sp³-hybridized carbons (Fsp3) is 0.0625. The van der Waals surface area contributed by atoms with Gasteiger partial charge in [0.2, 0.25) is 0 Å². The van der Waals surface area contributed by atoms with Crippen molar-refractivity contribution in [3.8, 4) is 23.1 Å². The Morgan fingerprint density at radius 3 is 2.55 bits per heavy atom. The van der Waals surface area contributed by atoms with Gasteiger partial charge in [-0.3, -0.25) is 0 Å². The molecule has 0 saturated heterocycles. The van der Waals surface area contributed by atoms with Crippen LogP contribution in [0.1, 0.15) is 5.56 Å². The second-order valence-corrected chi connectivity index (χ2v) is 4.84. The largest absolute Gasteiger partial charge is 0.497 e. The Morgan fingerprint density at radius 2 is 1.90 bits per heavy atom. The quantitative estimate of drug-likeness (QED) is 0.759. The molecular weight excluding hydrogens is 272 g/mol. The molecule has 0 aliphatic carbocycles. The molecule has 0 saturated carbocycles. The summed E-state index contributed by atoms with van der Waals surface area (Å²) in [5.74, 6) is 0.732. The number of nitrogens with zero attached hydrogens (tertiary/aromatic N) is 1. The van der Waals surface area contributed by atoms with Crippen LogP contribution in [0.2, 0.25) is 5.02 Å². The number of aromatic amines is 1. The van der Waals surface area contributed by atoms with Crippen LogP contribution in [0.4, 0.5) is 0 Å². The van der Waals surface area contributed by atoms with Crippen LogP contribution in [0.25, 0.3) is 22.2 Å². The molecule has 20 heavy (non-hydrogen) atoms. The number of H-pyrrole nitrogens is 1. The summed E-state index contributed by atoms with van der Waals surface area (Å²) in [6.45, 7) is 0. The van der Waals surface area contributed by atoms with Gasteiger partial charge in [0, 0.05) is 15.9 Å². The number of hydrogen-bond acceptors (Lipinski definition) is 2. The van der Waals surface area contributed by atoms with E-state index in [1.807, 2.05) is 42.5 Å². The Kier molecular flexibility index (Phi) is 3.09. The molecule has 0 bridgehead atoms. The van der Waals surface area contributed by atoms with Gasteiger partial charge in [0.15, 0.2) is 0 Å². The molecule has 0 amide bonds. The molecule has 0 fully saturated rings. The van der Waals surface area contributed by atoms with Crippen molar-refractivity contribution < 1.29 is 4.74 Å². The van der Waals surface area contributed by atoms with Crippen molar-refractivity contribution in [1.82, 2.24) is 4.98 Å². The summed E-state index contributed by atoms with van der Waals surface area (Å²) in [6.07, 6.45) is 0. The van der Waals surface area contributed by atoms with E-state index in [9.17, 15) is 5.26 Å².